The number of benzene rings is 2. The fourth-order valence-electron chi connectivity index (χ4n) is 4.32. The minimum absolute atomic E-state index is 0.132. The number of amides is 2. The van der Waals surface area contributed by atoms with E-state index >= 15 is 0 Å². The SMILES string of the molecule is COc1ccc([C@H]2CC(c3cccs3)=NN2C(=O)CSc2nnc(CNC(=O)c3ccccc3OC)n2C)cc1. The fourth-order valence-corrected chi connectivity index (χ4v) is 5.82. The lowest BCUT2D eigenvalue weighted by atomic mass is 10.0. The summed E-state index contributed by atoms with van der Waals surface area (Å²) in [7, 11) is 4.96. The molecule has 0 saturated heterocycles. The van der Waals surface area contributed by atoms with Gasteiger partial charge in [-0.3, -0.25) is 9.59 Å². The van der Waals surface area contributed by atoms with Crippen LogP contribution >= 0.6 is 23.1 Å². The lowest BCUT2D eigenvalue weighted by Gasteiger charge is -2.22. The molecule has 0 bridgehead atoms. The number of ether oxygens (including phenoxy) is 2. The van der Waals surface area contributed by atoms with Gasteiger partial charge in [-0.2, -0.15) is 5.10 Å². The van der Waals surface area contributed by atoms with E-state index < -0.39 is 0 Å². The molecule has 0 aliphatic carbocycles. The maximum Gasteiger partial charge on any atom is 0.255 e. The van der Waals surface area contributed by atoms with Crippen molar-refractivity contribution < 1.29 is 19.1 Å². The Hall–Kier alpha value is -4.16. The summed E-state index contributed by atoms with van der Waals surface area (Å²) >= 11 is 2.89. The number of carbonyl (C=O) groups excluding carboxylic acids is 2. The maximum absolute atomic E-state index is 13.4. The highest BCUT2D eigenvalue weighted by Gasteiger charge is 2.33. The summed E-state index contributed by atoms with van der Waals surface area (Å²) in [6, 6.07) is 18.5. The zero-order valence-electron chi connectivity index (χ0n) is 22.2. The predicted molar refractivity (Wildman–Crippen MR) is 154 cm³/mol. The second kappa shape index (κ2) is 12.3. The number of carbonyl (C=O) groups is 2. The van der Waals surface area contributed by atoms with E-state index in [9.17, 15) is 9.59 Å². The molecular weight excluding hydrogens is 548 g/mol. The molecule has 0 unspecified atom stereocenters. The molecule has 2 aromatic carbocycles. The molecule has 0 spiro atoms. The first-order chi connectivity index (χ1) is 19.5. The number of thioether (sulfide) groups is 1. The second-order valence-electron chi connectivity index (χ2n) is 8.88. The molecule has 0 fully saturated rings. The zero-order valence-corrected chi connectivity index (χ0v) is 23.9. The third-order valence-corrected chi connectivity index (χ3v) is 8.40. The molecule has 0 radical (unpaired) electrons. The Kier molecular flexibility index (Phi) is 8.46. The van der Waals surface area contributed by atoms with Gasteiger partial charge in [-0.25, -0.2) is 5.01 Å². The number of para-hydroxylation sites is 1. The van der Waals surface area contributed by atoms with Gasteiger partial charge in [-0.15, -0.1) is 21.5 Å². The highest BCUT2D eigenvalue weighted by atomic mass is 32.2. The molecule has 5 rings (SSSR count). The van der Waals surface area contributed by atoms with Crippen LogP contribution in [-0.2, 0) is 18.4 Å². The van der Waals surface area contributed by atoms with E-state index in [1.165, 1.54) is 18.9 Å². The number of methoxy groups -OCH3 is 2. The summed E-state index contributed by atoms with van der Waals surface area (Å²) in [6.07, 6.45) is 0.628. The van der Waals surface area contributed by atoms with E-state index in [1.807, 2.05) is 41.8 Å². The van der Waals surface area contributed by atoms with E-state index in [2.05, 4.69) is 15.5 Å². The molecular formula is C28H28N6O4S2. The van der Waals surface area contributed by atoms with Crippen LogP contribution in [0, 0.1) is 0 Å². The van der Waals surface area contributed by atoms with E-state index in [0.717, 1.165) is 21.9 Å². The maximum atomic E-state index is 13.4. The van der Waals surface area contributed by atoms with Gasteiger partial charge in [0.15, 0.2) is 11.0 Å². The van der Waals surface area contributed by atoms with Crippen molar-refractivity contribution in [1.82, 2.24) is 25.1 Å². The Bertz CT molecular complexity index is 1520. The number of hydrogen-bond acceptors (Lipinski definition) is 9. The van der Waals surface area contributed by atoms with Crippen LogP contribution < -0.4 is 14.8 Å². The molecule has 0 saturated carbocycles. The highest BCUT2D eigenvalue weighted by molar-refractivity contribution is 7.99. The number of aromatic nitrogens is 3. The van der Waals surface area contributed by atoms with E-state index in [1.54, 1.807) is 59.3 Å². The number of thiophene rings is 1. The lowest BCUT2D eigenvalue weighted by molar-refractivity contribution is -0.130. The monoisotopic (exact) mass is 576 g/mol. The molecule has 40 heavy (non-hydrogen) atoms. The van der Waals surface area contributed by atoms with Crippen LogP contribution in [0.4, 0.5) is 0 Å². The minimum atomic E-state index is -0.275. The van der Waals surface area contributed by atoms with Gasteiger partial charge in [-0.1, -0.05) is 42.1 Å². The molecule has 12 heteroatoms. The molecule has 10 nitrogen and oxygen atoms in total. The Labute approximate surface area is 240 Å². The molecule has 2 aromatic heterocycles. The van der Waals surface area contributed by atoms with Crippen LogP contribution in [0.15, 0.2) is 76.3 Å². The number of hydrazone groups is 1. The van der Waals surface area contributed by atoms with Crippen molar-refractivity contribution in [3.8, 4) is 11.5 Å². The average Bonchev–Trinajstić information content (AvgIpc) is 3.75. The Morgan fingerprint density at radius 3 is 2.58 bits per heavy atom. The summed E-state index contributed by atoms with van der Waals surface area (Å²) in [5, 5.41) is 20.2. The molecule has 1 atom stereocenters. The largest absolute Gasteiger partial charge is 0.497 e. The van der Waals surface area contributed by atoms with Crippen LogP contribution in [0.1, 0.15) is 39.1 Å². The first-order valence-corrected chi connectivity index (χ1v) is 14.3. The predicted octanol–water partition coefficient (Wildman–Crippen LogP) is 4.29. The molecule has 3 heterocycles. The van der Waals surface area contributed by atoms with Crippen LogP contribution in [-0.4, -0.2) is 57.3 Å². The van der Waals surface area contributed by atoms with Gasteiger partial charge in [0.25, 0.3) is 11.8 Å². The van der Waals surface area contributed by atoms with Gasteiger partial charge in [-0.05, 0) is 41.3 Å². The van der Waals surface area contributed by atoms with Crippen molar-refractivity contribution in [2.24, 2.45) is 12.1 Å². The normalized spacial score (nSPS) is 14.6. The summed E-state index contributed by atoms with van der Waals surface area (Å²) in [6.45, 7) is 0.176. The average molecular weight is 577 g/mol. The molecule has 2 amide bonds. The fraction of sp³-hybridized carbons (Fsp3) is 0.250. The third-order valence-electron chi connectivity index (χ3n) is 6.48. The van der Waals surface area contributed by atoms with Gasteiger partial charge in [0.2, 0.25) is 0 Å². The summed E-state index contributed by atoms with van der Waals surface area (Å²) in [5.41, 5.74) is 2.31. The van der Waals surface area contributed by atoms with E-state index in [-0.39, 0.29) is 30.2 Å². The molecule has 4 aromatic rings. The van der Waals surface area contributed by atoms with Crippen molar-refractivity contribution in [3.63, 3.8) is 0 Å². The standard InChI is InChI=1S/C28H28N6O4S2/c1-33-25(16-29-27(36)20-7-4-5-8-23(20)38-3)30-31-28(33)40-17-26(35)34-22(18-10-12-19(37-2)13-11-18)15-21(32-34)24-9-6-14-39-24/h4-14,22H,15-17H2,1-3H3,(H,29,36)/t22-/m1/s1. The molecule has 1 aliphatic rings. The number of hydrogen-bond donors (Lipinski definition) is 1. The lowest BCUT2D eigenvalue weighted by Crippen LogP contribution is -2.28. The van der Waals surface area contributed by atoms with Gasteiger partial charge in [0.1, 0.15) is 11.5 Å². The number of nitrogens with one attached hydrogen (secondary N) is 1. The first kappa shape index (κ1) is 27.4. The summed E-state index contributed by atoms with van der Waals surface area (Å²) < 4.78 is 12.3. The Morgan fingerprint density at radius 2 is 1.85 bits per heavy atom. The molecule has 1 N–H and O–H groups in total. The van der Waals surface area contributed by atoms with Gasteiger partial charge >= 0.3 is 0 Å². The Morgan fingerprint density at radius 1 is 1.05 bits per heavy atom. The third kappa shape index (κ3) is 5.87. The van der Waals surface area contributed by atoms with Crippen LogP contribution in [0.5, 0.6) is 11.5 Å². The molecule has 206 valence electrons. The topological polar surface area (TPSA) is 111 Å². The van der Waals surface area contributed by atoms with Gasteiger partial charge < -0.3 is 19.4 Å². The van der Waals surface area contributed by atoms with Crippen molar-refractivity contribution in [1.29, 1.82) is 0 Å². The number of rotatable bonds is 10. The number of nitrogens with zero attached hydrogens (tertiary/aromatic N) is 5. The van der Waals surface area contributed by atoms with Crippen molar-refractivity contribution in [3.05, 3.63) is 87.9 Å². The summed E-state index contributed by atoms with van der Waals surface area (Å²) in [4.78, 5) is 27.1. The van der Waals surface area contributed by atoms with Crippen molar-refractivity contribution >= 4 is 40.6 Å². The summed E-state index contributed by atoms with van der Waals surface area (Å²) in [5.74, 6) is 1.54. The van der Waals surface area contributed by atoms with Gasteiger partial charge in [0, 0.05) is 13.5 Å². The second-order valence-corrected chi connectivity index (χ2v) is 10.8. The van der Waals surface area contributed by atoms with Crippen LogP contribution in [0.2, 0.25) is 0 Å². The Balaban J connectivity index is 1.25. The zero-order chi connectivity index (χ0) is 28.1. The van der Waals surface area contributed by atoms with Crippen molar-refractivity contribution in [2.45, 2.75) is 24.2 Å². The first-order valence-electron chi connectivity index (χ1n) is 12.5. The minimum Gasteiger partial charge on any atom is -0.497 e. The highest BCUT2D eigenvalue weighted by Crippen LogP contribution is 2.35. The van der Waals surface area contributed by atoms with Crippen molar-refractivity contribution in [2.75, 3.05) is 20.0 Å². The smallest absolute Gasteiger partial charge is 0.255 e. The molecule has 1 aliphatic heterocycles. The van der Waals surface area contributed by atoms with E-state index in [0.29, 0.717) is 28.7 Å². The van der Waals surface area contributed by atoms with Gasteiger partial charge in [0.05, 0.1) is 48.7 Å². The van der Waals surface area contributed by atoms with E-state index in [4.69, 9.17) is 14.6 Å². The van der Waals surface area contributed by atoms with Crippen LogP contribution in [0.3, 0.4) is 0 Å². The van der Waals surface area contributed by atoms with Crippen LogP contribution in [0.25, 0.3) is 0 Å². The quantitative estimate of drug-likeness (QED) is 0.280.